The largest absolute Gasteiger partial charge is 0.319 e. The minimum atomic E-state index is -0.474. The number of rotatable bonds is 5. The van der Waals surface area contributed by atoms with E-state index in [-0.39, 0.29) is 17.5 Å². The smallest absolute Gasteiger partial charge is 0.259 e. The van der Waals surface area contributed by atoms with E-state index in [0.29, 0.717) is 23.0 Å². The van der Waals surface area contributed by atoms with Crippen molar-refractivity contribution >= 4 is 33.8 Å². The van der Waals surface area contributed by atoms with Crippen LogP contribution in [0.15, 0.2) is 24.3 Å². The van der Waals surface area contributed by atoms with Crippen LogP contribution in [0, 0.1) is 11.7 Å². The third-order valence-corrected chi connectivity index (χ3v) is 6.85. The zero-order valence-corrected chi connectivity index (χ0v) is 17.4. The van der Waals surface area contributed by atoms with Crippen molar-refractivity contribution in [1.29, 1.82) is 0 Å². The lowest BCUT2D eigenvalue weighted by Gasteiger charge is -2.19. The molecule has 1 aromatic heterocycles. The fraction of sp³-hybridized carbons (Fsp3) is 0.455. The second kappa shape index (κ2) is 8.63. The molecule has 29 heavy (non-hydrogen) atoms. The highest BCUT2D eigenvalue weighted by atomic mass is 32.1. The molecule has 0 spiro atoms. The van der Waals surface area contributed by atoms with Crippen molar-refractivity contribution in [3.63, 3.8) is 0 Å². The number of para-hydroxylation sites is 1. The molecule has 1 fully saturated rings. The molecule has 0 saturated carbocycles. The Morgan fingerprint density at radius 2 is 1.97 bits per heavy atom. The zero-order valence-electron chi connectivity index (χ0n) is 16.6. The number of fused-ring (bicyclic) bond motifs is 1. The van der Waals surface area contributed by atoms with Gasteiger partial charge in [-0.1, -0.05) is 19.1 Å². The highest BCUT2D eigenvalue weighted by Crippen LogP contribution is 2.40. The number of nitrogens with one attached hydrogen (secondary N) is 2. The van der Waals surface area contributed by atoms with Crippen molar-refractivity contribution < 1.29 is 14.0 Å². The second-order valence-electron chi connectivity index (χ2n) is 8.02. The van der Waals surface area contributed by atoms with E-state index in [1.807, 2.05) is 0 Å². The van der Waals surface area contributed by atoms with Gasteiger partial charge in [0.25, 0.3) is 5.91 Å². The van der Waals surface area contributed by atoms with Crippen molar-refractivity contribution in [3.8, 4) is 0 Å². The molecule has 1 atom stereocenters. The van der Waals surface area contributed by atoms with E-state index < -0.39 is 5.82 Å². The van der Waals surface area contributed by atoms with Gasteiger partial charge in [0.2, 0.25) is 5.91 Å². The molecule has 0 radical (unpaired) electrons. The minimum absolute atomic E-state index is 0.0986. The second-order valence-corrected chi connectivity index (χ2v) is 9.13. The molecule has 2 amide bonds. The van der Waals surface area contributed by atoms with E-state index in [9.17, 15) is 14.0 Å². The monoisotopic (exact) mass is 415 g/mol. The third kappa shape index (κ3) is 4.51. The molecule has 1 aliphatic heterocycles. The van der Waals surface area contributed by atoms with Crippen LogP contribution in [0.25, 0.3) is 0 Å². The zero-order chi connectivity index (χ0) is 20.4. The van der Waals surface area contributed by atoms with Crippen LogP contribution in [-0.4, -0.2) is 36.3 Å². The molecule has 154 valence electrons. The molecule has 1 aliphatic carbocycles. The topological polar surface area (TPSA) is 61.4 Å². The first-order chi connectivity index (χ1) is 14.0. The number of hydrogen-bond acceptors (Lipinski definition) is 4. The van der Waals surface area contributed by atoms with E-state index in [4.69, 9.17) is 0 Å². The summed E-state index contributed by atoms with van der Waals surface area (Å²) >= 11 is 1.49. The number of thiophene rings is 1. The molecule has 2 aromatic rings. The molecule has 7 heteroatoms. The number of anilines is 2. The van der Waals surface area contributed by atoms with Gasteiger partial charge in [-0.15, -0.1) is 11.3 Å². The number of amides is 2. The van der Waals surface area contributed by atoms with Gasteiger partial charge in [0.15, 0.2) is 0 Å². The molecular formula is C22H26FN3O2S. The van der Waals surface area contributed by atoms with Crippen LogP contribution in [0.2, 0.25) is 0 Å². The van der Waals surface area contributed by atoms with Crippen molar-refractivity contribution in [1.82, 2.24) is 4.90 Å². The molecule has 5 nitrogen and oxygen atoms in total. The Balaban J connectivity index is 1.59. The van der Waals surface area contributed by atoms with E-state index in [2.05, 4.69) is 22.5 Å². The normalized spacial score (nSPS) is 19.0. The third-order valence-electron chi connectivity index (χ3n) is 5.68. The lowest BCUT2D eigenvalue weighted by atomic mass is 9.88. The highest BCUT2D eigenvalue weighted by Gasteiger charge is 2.29. The summed E-state index contributed by atoms with van der Waals surface area (Å²) in [4.78, 5) is 29.0. The average Bonchev–Trinajstić information content (AvgIpc) is 3.30. The Morgan fingerprint density at radius 3 is 2.72 bits per heavy atom. The van der Waals surface area contributed by atoms with Gasteiger partial charge in [0.1, 0.15) is 10.8 Å². The first-order valence-corrected chi connectivity index (χ1v) is 11.1. The molecule has 4 rings (SSSR count). The lowest BCUT2D eigenvalue weighted by Crippen LogP contribution is -2.31. The van der Waals surface area contributed by atoms with E-state index in [1.54, 1.807) is 18.2 Å². The number of hydrogen-bond donors (Lipinski definition) is 2. The van der Waals surface area contributed by atoms with E-state index in [1.165, 1.54) is 17.4 Å². The summed E-state index contributed by atoms with van der Waals surface area (Å²) < 4.78 is 14.0. The van der Waals surface area contributed by atoms with Gasteiger partial charge in [-0.3, -0.25) is 14.5 Å². The number of halogens is 1. The van der Waals surface area contributed by atoms with Crippen molar-refractivity contribution in [2.75, 3.05) is 30.3 Å². The predicted molar refractivity (Wildman–Crippen MR) is 114 cm³/mol. The van der Waals surface area contributed by atoms with Gasteiger partial charge in [-0.05, 0) is 68.8 Å². The van der Waals surface area contributed by atoms with Gasteiger partial charge in [0, 0.05) is 4.88 Å². The molecular weight excluding hydrogens is 389 g/mol. The molecule has 0 bridgehead atoms. The Labute approximate surface area is 174 Å². The quantitative estimate of drug-likeness (QED) is 0.765. The standard InChI is InChI=1S/C22H26FN3O2S/c1-14-8-9-15-18(12-14)29-22(25-19(27)13-26-10-4-5-11-26)20(15)21(28)24-17-7-3-2-6-16(17)23/h2-3,6-7,14H,4-5,8-13H2,1H3,(H,24,28)(H,25,27). The number of carbonyl (C=O) groups excluding carboxylic acids is 2. The predicted octanol–water partition coefficient (Wildman–Crippen LogP) is 4.30. The van der Waals surface area contributed by atoms with Gasteiger partial charge in [-0.2, -0.15) is 0 Å². The fourth-order valence-electron chi connectivity index (χ4n) is 4.14. The van der Waals surface area contributed by atoms with Crippen LogP contribution < -0.4 is 10.6 Å². The summed E-state index contributed by atoms with van der Waals surface area (Å²) in [6.07, 6.45) is 4.95. The summed E-state index contributed by atoms with van der Waals surface area (Å²) in [7, 11) is 0. The van der Waals surface area contributed by atoms with E-state index >= 15 is 0 Å². The summed E-state index contributed by atoms with van der Waals surface area (Å²) in [6, 6.07) is 6.13. The minimum Gasteiger partial charge on any atom is -0.319 e. The van der Waals surface area contributed by atoms with Crippen molar-refractivity contribution in [3.05, 3.63) is 46.1 Å². The number of likely N-dealkylation sites (tertiary alicyclic amines) is 1. The van der Waals surface area contributed by atoms with Crippen LogP contribution in [0.3, 0.4) is 0 Å². The Morgan fingerprint density at radius 1 is 1.21 bits per heavy atom. The van der Waals surface area contributed by atoms with Crippen molar-refractivity contribution in [2.45, 2.75) is 39.0 Å². The molecule has 1 unspecified atom stereocenters. The number of nitrogens with zero attached hydrogens (tertiary/aromatic N) is 1. The lowest BCUT2D eigenvalue weighted by molar-refractivity contribution is -0.117. The van der Waals surface area contributed by atoms with Gasteiger partial charge < -0.3 is 10.6 Å². The average molecular weight is 416 g/mol. The van der Waals surface area contributed by atoms with Crippen LogP contribution in [-0.2, 0) is 17.6 Å². The maximum Gasteiger partial charge on any atom is 0.259 e. The molecule has 1 aromatic carbocycles. The first-order valence-electron chi connectivity index (χ1n) is 10.2. The summed E-state index contributed by atoms with van der Waals surface area (Å²) in [6.45, 7) is 4.42. The van der Waals surface area contributed by atoms with Crippen LogP contribution in [0.1, 0.15) is 47.0 Å². The Kier molecular flexibility index (Phi) is 5.96. The molecule has 2 aliphatic rings. The number of carbonyl (C=O) groups is 2. The highest BCUT2D eigenvalue weighted by molar-refractivity contribution is 7.17. The van der Waals surface area contributed by atoms with Gasteiger partial charge in [-0.25, -0.2) is 4.39 Å². The SMILES string of the molecule is CC1CCc2c(sc(NC(=O)CN3CCCC3)c2C(=O)Nc2ccccc2F)C1. The Hall–Kier alpha value is -2.25. The maximum absolute atomic E-state index is 14.0. The van der Waals surface area contributed by atoms with Crippen LogP contribution in [0.5, 0.6) is 0 Å². The molecule has 1 saturated heterocycles. The fourth-order valence-corrected chi connectivity index (χ4v) is 5.56. The van der Waals surface area contributed by atoms with Crippen LogP contribution in [0.4, 0.5) is 15.1 Å². The first kappa shape index (κ1) is 20.0. The summed E-state index contributed by atoms with van der Waals surface area (Å²) in [5.74, 6) is -0.382. The molecule has 2 N–H and O–H groups in total. The van der Waals surface area contributed by atoms with Crippen molar-refractivity contribution in [2.24, 2.45) is 5.92 Å². The summed E-state index contributed by atoms with van der Waals surface area (Å²) in [5, 5.41) is 6.25. The Bertz CT molecular complexity index is 921. The van der Waals surface area contributed by atoms with Gasteiger partial charge in [0.05, 0.1) is 17.8 Å². The summed E-state index contributed by atoms with van der Waals surface area (Å²) in [5.41, 5.74) is 1.64. The number of benzene rings is 1. The van der Waals surface area contributed by atoms with Crippen LogP contribution >= 0.6 is 11.3 Å². The van der Waals surface area contributed by atoms with Gasteiger partial charge >= 0.3 is 0 Å². The molecule has 2 heterocycles. The maximum atomic E-state index is 14.0. The van der Waals surface area contributed by atoms with E-state index in [0.717, 1.165) is 55.6 Å².